The van der Waals surface area contributed by atoms with Crippen molar-refractivity contribution < 1.29 is 18.0 Å². The van der Waals surface area contributed by atoms with E-state index in [2.05, 4.69) is 10.3 Å². The predicted octanol–water partition coefficient (Wildman–Crippen LogP) is 2.72. The maximum absolute atomic E-state index is 12.8. The van der Waals surface area contributed by atoms with Gasteiger partial charge in [-0.05, 0) is 18.6 Å². The van der Waals surface area contributed by atoms with Gasteiger partial charge in [0.05, 0.1) is 17.5 Å². The molecule has 0 aliphatic rings. The number of nitrogens with one attached hydrogen (secondary N) is 1. The lowest BCUT2D eigenvalue weighted by molar-refractivity contribution is -0.137. The van der Waals surface area contributed by atoms with E-state index >= 15 is 0 Å². The maximum atomic E-state index is 12.8. The van der Waals surface area contributed by atoms with Crippen LogP contribution in [0, 0.1) is 0 Å². The Bertz CT molecular complexity index is 594. The number of nitrogens with zero attached hydrogens (tertiary/aromatic N) is 2. The molecule has 0 aliphatic carbocycles. The molecule has 4 nitrogen and oxygen atoms in total. The minimum absolute atomic E-state index is 0.295. The first-order valence-electron chi connectivity index (χ1n) is 6.38. The van der Waals surface area contributed by atoms with Crippen LogP contribution in [0.4, 0.5) is 13.2 Å². The average molecular weight is 297 g/mol. The lowest BCUT2D eigenvalue weighted by atomic mass is 10.1. The van der Waals surface area contributed by atoms with Gasteiger partial charge in [-0.2, -0.15) is 13.2 Å². The second-order valence-corrected chi connectivity index (χ2v) is 4.45. The lowest BCUT2D eigenvalue weighted by Gasteiger charge is -2.12. The molecular formula is C14H14F3N3O. The fourth-order valence-electron chi connectivity index (χ4n) is 1.91. The fourth-order valence-corrected chi connectivity index (χ4v) is 1.91. The summed E-state index contributed by atoms with van der Waals surface area (Å²) in [5, 5.41) is 2.50. The number of aryl methyl sites for hydroxylation is 1. The third-order valence-electron chi connectivity index (χ3n) is 2.91. The summed E-state index contributed by atoms with van der Waals surface area (Å²) in [6, 6.07) is 4.75. The average Bonchev–Trinajstić information content (AvgIpc) is 2.95. The molecule has 1 aromatic heterocycles. The monoisotopic (exact) mass is 297 g/mol. The molecule has 2 aromatic rings. The zero-order valence-electron chi connectivity index (χ0n) is 11.1. The van der Waals surface area contributed by atoms with Crippen LogP contribution in [0.15, 0.2) is 43.0 Å². The van der Waals surface area contributed by atoms with E-state index in [0.717, 1.165) is 6.07 Å². The van der Waals surface area contributed by atoms with Crippen molar-refractivity contribution in [2.75, 3.05) is 6.54 Å². The Kier molecular flexibility index (Phi) is 4.62. The van der Waals surface area contributed by atoms with Gasteiger partial charge in [-0.15, -0.1) is 0 Å². The number of hydrogen-bond acceptors (Lipinski definition) is 2. The van der Waals surface area contributed by atoms with Crippen molar-refractivity contribution in [3.63, 3.8) is 0 Å². The van der Waals surface area contributed by atoms with Crippen LogP contribution in [-0.2, 0) is 12.7 Å². The minimum Gasteiger partial charge on any atom is -0.352 e. The van der Waals surface area contributed by atoms with Gasteiger partial charge in [-0.25, -0.2) is 4.98 Å². The molecule has 21 heavy (non-hydrogen) atoms. The number of benzene rings is 1. The first-order valence-corrected chi connectivity index (χ1v) is 6.38. The lowest BCUT2D eigenvalue weighted by Crippen LogP contribution is -2.27. The number of aromatic nitrogens is 2. The molecule has 1 aromatic carbocycles. The number of amides is 1. The highest BCUT2D eigenvalue weighted by molar-refractivity contribution is 5.95. The van der Waals surface area contributed by atoms with Crippen molar-refractivity contribution >= 4 is 5.91 Å². The molecule has 2 rings (SSSR count). The zero-order chi connectivity index (χ0) is 15.3. The summed E-state index contributed by atoms with van der Waals surface area (Å²) in [6.45, 7) is 0.935. The van der Waals surface area contributed by atoms with Crippen molar-refractivity contribution in [3.8, 4) is 0 Å². The normalized spacial score (nSPS) is 11.4. The molecule has 0 radical (unpaired) electrons. The summed E-state index contributed by atoms with van der Waals surface area (Å²) in [5.41, 5.74) is -1.27. The molecular weight excluding hydrogens is 283 g/mol. The van der Waals surface area contributed by atoms with Crippen LogP contribution in [0.3, 0.4) is 0 Å². The SMILES string of the molecule is O=C(NCCCn1ccnc1)c1ccccc1C(F)(F)F. The van der Waals surface area contributed by atoms with Crippen molar-refractivity contribution in [2.24, 2.45) is 0 Å². The van der Waals surface area contributed by atoms with Gasteiger partial charge in [0.25, 0.3) is 5.91 Å². The van der Waals surface area contributed by atoms with Gasteiger partial charge in [0, 0.05) is 25.5 Å². The molecule has 0 unspecified atom stereocenters. The highest BCUT2D eigenvalue weighted by atomic mass is 19.4. The van der Waals surface area contributed by atoms with Gasteiger partial charge in [0.15, 0.2) is 0 Å². The Morgan fingerprint density at radius 2 is 2.05 bits per heavy atom. The van der Waals surface area contributed by atoms with E-state index in [1.165, 1.54) is 18.2 Å². The number of imidazole rings is 1. The Morgan fingerprint density at radius 1 is 1.29 bits per heavy atom. The summed E-state index contributed by atoms with van der Waals surface area (Å²) >= 11 is 0. The number of alkyl halides is 3. The Labute approximate surface area is 119 Å². The number of hydrogen-bond donors (Lipinski definition) is 1. The highest BCUT2D eigenvalue weighted by Crippen LogP contribution is 2.31. The summed E-state index contributed by atoms with van der Waals surface area (Å²) in [5.74, 6) is -0.714. The zero-order valence-corrected chi connectivity index (χ0v) is 11.1. The number of rotatable bonds is 5. The molecule has 7 heteroatoms. The molecule has 0 aliphatic heterocycles. The largest absolute Gasteiger partial charge is 0.417 e. The van der Waals surface area contributed by atoms with Crippen molar-refractivity contribution in [2.45, 2.75) is 19.1 Å². The highest BCUT2D eigenvalue weighted by Gasteiger charge is 2.34. The Hall–Kier alpha value is -2.31. The van der Waals surface area contributed by atoms with Crippen LogP contribution in [-0.4, -0.2) is 22.0 Å². The van der Waals surface area contributed by atoms with Gasteiger partial charge >= 0.3 is 6.18 Å². The van der Waals surface area contributed by atoms with E-state index < -0.39 is 17.6 Å². The second kappa shape index (κ2) is 6.43. The van der Waals surface area contributed by atoms with Crippen molar-refractivity contribution in [1.82, 2.24) is 14.9 Å². The molecule has 0 spiro atoms. The van der Waals surface area contributed by atoms with Gasteiger partial charge in [-0.3, -0.25) is 4.79 Å². The Morgan fingerprint density at radius 3 is 2.71 bits per heavy atom. The van der Waals surface area contributed by atoms with Crippen LogP contribution in [0.25, 0.3) is 0 Å². The third-order valence-corrected chi connectivity index (χ3v) is 2.91. The van der Waals surface area contributed by atoms with Crippen LogP contribution in [0.5, 0.6) is 0 Å². The summed E-state index contributed by atoms with van der Waals surface area (Å²) in [4.78, 5) is 15.7. The summed E-state index contributed by atoms with van der Waals surface area (Å²) in [7, 11) is 0. The molecule has 0 atom stereocenters. The molecule has 1 amide bonds. The van der Waals surface area contributed by atoms with Crippen LogP contribution in [0.1, 0.15) is 22.3 Å². The van der Waals surface area contributed by atoms with Crippen LogP contribution in [0.2, 0.25) is 0 Å². The molecule has 0 fully saturated rings. The topological polar surface area (TPSA) is 46.9 Å². The van der Waals surface area contributed by atoms with Gasteiger partial charge < -0.3 is 9.88 Å². The maximum Gasteiger partial charge on any atom is 0.417 e. The quantitative estimate of drug-likeness (QED) is 0.863. The Balaban J connectivity index is 1.92. The number of carbonyl (C=O) groups is 1. The molecule has 112 valence electrons. The van der Waals surface area contributed by atoms with Crippen molar-refractivity contribution in [3.05, 3.63) is 54.1 Å². The molecule has 0 bridgehead atoms. The molecule has 1 N–H and O–H groups in total. The predicted molar refractivity (Wildman–Crippen MR) is 70.6 cm³/mol. The van der Waals surface area contributed by atoms with E-state index in [0.29, 0.717) is 19.5 Å². The second-order valence-electron chi connectivity index (χ2n) is 4.45. The minimum atomic E-state index is -4.54. The van der Waals surface area contributed by atoms with E-state index in [4.69, 9.17) is 0 Å². The summed E-state index contributed by atoms with van der Waals surface area (Å²) < 4.78 is 40.2. The van der Waals surface area contributed by atoms with E-state index in [9.17, 15) is 18.0 Å². The molecule has 0 saturated carbocycles. The van der Waals surface area contributed by atoms with Gasteiger partial charge in [0.2, 0.25) is 0 Å². The molecule has 1 heterocycles. The van der Waals surface area contributed by atoms with Crippen LogP contribution >= 0.6 is 0 Å². The van der Waals surface area contributed by atoms with Crippen LogP contribution < -0.4 is 5.32 Å². The number of carbonyl (C=O) groups excluding carboxylic acids is 1. The first kappa shape index (κ1) is 15.1. The fraction of sp³-hybridized carbons (Fsp3) is 0.286. The summed E-state index contributed by atoms with van der Waals surface area (Å²) in [6.07, 6.45) is 1.13. The van der Waals surface area contributed by atoms with E-state index in [1.54, 1.807) is 18.7 Å². The van der Waals surface area contributed by atoms with Gasteiger partial charge in [0.1, 0.15) is 0 Å². The number of halogens is 3. The standard InChI is InChI=1S/C14H14F3N3O/c15-14(16,17)12-5-2-1-4-11(12)13(21)19-6-3-8-20-9-7-18-10-20/h1-2,4-5,7,9-10H,3,6,8H2,(H,19,21). The van der Waals surface area contributed by atoms with Gasteiger partial charge in [-0.1, -0.05) is 12.1 Å². The third kappa shape index (κ3) is 4.08. The first-order chi connectivity index (χ1) is 9.98. The molecule has 0 saturated heterocycles. The smallest absolute Gasteiger partial charge is 0.352 e. The van der Waals surface area contributed by atoms with E-state index in [1.807, 2.05) is 4.57 Å². The van der Waals surface area contributed by atoms with E-state index in [-0.39, 0.29) is 5.56 Å². The van der Waals surface area contributed by atoms with Crippen molar-refractivity contribution in [1.29, 1.82) is 0 Å².